The Labute approximate surface area is 136 Å². The zero-order valence-corrected chi connectivity index (χ0v) is 13.8. The molecule has 2 aromatic carbocycles. The van der Waals surface area contributed by atoms with Gasteiger partial charge in [-0.15, -0.1) is 0 Å². The van der Waals surface area contributed by atoms with Gasteiger partial charge in [-0.3, -0.25) is 0 Å². The lowest BCUT2D eigenvalue weighted by molar-refractivity contribution is 0.126. The van der Waals surface area contributed by atoms with E-state index in [4.69, 9.17) is 16.3 Å². The summed E-state index contributed by atoms with van der Waals surface area (Å²) in [5, 5.41) is 0.676. The molecular formula is C16H18ClNO3S. The summed E-state index contributed by atoms with van der Waals surface area (Å²) in [6.07, 6.45) is 0. The normalized spacial score (nSPS) is 11.5. The van der Waals surface area contributed by atoms with E-state index in [2.05, 4.69) is 4.72 Å². The molecule has 6 heteroatoms. The fraction of sp³-hybridized carbons (Fsp3) is 0.250. The molecule has 0 atom stereocenters. The molecule has 0 aliphatic heterocycles. The largest absolute Gasteiger partial charge is 0.375 e. The van der Waals surface area contributed by atoms with E-state index in [1.807, 2.05) is 19.1 Å². The topological polar surface area (TPSA) is 55.4 Å². The summed E-state index contributed by atoms with van der Waals surface area (Å²) in [7, 11) is -3.48. The predicted molar refractivity (Wildman–Crippen MR) is 87.5 cm³/mol. The van der Waals surface area contributed by atoms with Crippen molar-refractivity contribution in [2.45, 2.75) is 18.4 Å². The van der Waals surface area contributed by atoms with Crippen LogP contribution in [0.2, 0.25) is 5.02 Å². The Morgan fingerprint density at radius 3 is 2.32 bits per heavy atom. The molecule has 1 N–H and O–H groups in total. The molecule has 0 amide bonds. The number of hydrogen-bond donors (Lipinski definition) is 1. The second kappa shape index (κ2) is 7.74. The average Bonchev–Trinajstić information content (AvgIpc) is 2.49. The van der Waals surface area contributed by atoms with Crippen LogP contribution in [-0.2, 0) is 21.4 Å². The van der Waals surface area contributed by atoms with Crippen LogP contribution in [0.3, 0.4) is 0 Å². The van der Waals surface area contributed by atoms with Crippen LogP contribution in [0.4, 0.5) is 0 Å². The lowest BCUT2D eigenvalue weighted by atomic mass is 10.2. The molecule has 0 aromatic heterocycles. The summed E-state index contributed by atoms with van der Waals surface area (Å²) in [6.45, 7) is 2.86. The summed E-state index contributed by atoms with van der Waals surface area (Å²) in [4.78, 5) is 0.260. The number of ether oxygens (including phenoxy) is 1. The van der Waals surface area contributed by atoms with Gasteiger partial charge in [-0.25, -0.2) is 13.1 Å². The Kier molecular flexibility index (Phi) is 5.97. The monoisotopic (exact) mass is 339 g/mol. The van der Waals surface area contributed by atoms with Crippen molar-refractivity contribution in [1.82, 2.24) is 4.72 Å². The van der Waals surface area contributed by atoms with Crippen LogP contribution in [0.5, 0.6) is 0 Å². The van der Waals surface area contributed by atoms with Crippen LogP contribution < -0.4 is 4.72 Å². The number of rotatable bonds is 7. The van der Waals surface area contributed by atoms with Crippen LogP contribution in [-0.4, -0.2) is 21.6 Å². The molecule has 118 valence electrons. The molecule has 0 radical (unpaired) electrons. The van der Waals surface area contributed by atoms with Crippen molar-refractivity contribution in [2.75, 3.05) is 13.2 Å². The van der Waals surface area contributed by atoms with Crippen molar-refractivity contribution in [2.24, 2.45) is 0 Å². The van der Waals surface area contributed by atoms with E-state index in [-0.39, 0.29) is 11.4 Å². The summed E-state index contributed by atoms with van der Waals surface area (Å²) in [6, 6.07) is 14.0. The molecule has 0 fully saturated rings. The SMILES string of the molecule is Cc1ccc(S(=O)(=O)NCCOCc2ccc(Cl)cc2)cc1. The first-order valence-corrected chi connectivity index (χ1v) is 8.72. The second-order valence-electron chi connectivity index (χ2n) is 4.89. The Hall–Kier alpha value is -1.40. The molecule has 0 saturated heterocycles. The van der Waals surface area contributed by atoms with Gasteiger partial charge in [-0.05, 0) is 36.8 Å². The minimum absolute atomic E-state index is 0.226. The third kappa shape index (κ3) is 5.10. The predicted octanol–water partition coefficient (Wildman–Crippen LogP) is 3.14. The Morgan fingerprint density at radius 1 is 1.05 bits per heavy atom. The number of sulfonamides is 1. The molecule has 0 saturated carbocycles. The van der Waals surface area contributed by atoms with Crippen molar-refractivity contribution in [1.29, 1.82) is 0 Å². The number of aryl methyl sites for hydroxylation is 1. The first-order valence-electron chi connectivity index (χ1n) is 6.86. The van der Waals surface area contributed by atoms with E-state index in [0.29, 0.717) is 18.2 Å². The summed E-state index contributed by atoms with van der Waals surface area (Å²) in [5.41, 5.74) is 2.01. The van der Waals surface area contributed by atoms with Crippen LogP contribution in [0.1, 0.15) is 11.1 Å². The van der Waals surface area contributed by atoms with Gasteiger partial charge in [0.05, 0.1) is 18.1 Å². The molecule has 0 unspecified atom stereocenters. The molecule has 0 spiro atoms. The van der Waals surface area contributed by atoms with Gasteiger partial charge in [-0.2, -0.15) is 0 Å². The van der Waals surface area contributed by atoms with E-state index >= 15 is 0 Å². The van der Waals surface area contributed by atoms with Crippen molar-refractivity contribution in [3.05, 3.63) is 64.7 Å². The van der Waals surface area contributed by atoms with E-state index in [1.165, 1.54) is 0 Å². The molecule has 0 aliphatic carbocycles. The smallest absolute Gasteiger partial charge is 0.240 e. The average molecular weight is 340 g/mol. The van der Waals surface area contributed by atoms with Crippen LogP contribution in [0.15, 0.2) is 53.4 Å². The minimum atomic E-state index is -3.48. The van der Waals surface area contributed by atoms with E-state index in [1.54, 1.807) is 36.4 Å². The molecule has 2 rings (SSSR count). The number of nitrogens with one attached hydrogen (secondary N) is 1. The van der Waals surface area contributed by atoms with Crippen LogP contribution in [0.25, 0.3) is 0 Å². The van der Waals surface area contributed by atoms with Gasteiger partial charge < -0.3 is 4.74 Å². The Morgan fingerprint density at radius 2 is 1.68 bits per heavy atom. The third-order valence-electron chi connectivity index (χ3n) is 3.05. The number of benzene rings is 2. The number of halogens is 1. The maximum atomic E-state index is 12.0. The van der Waals surface area contributed by atoms with Gasteiger partial charge in [0.2, 0.25) is 10.0 Å². The molecule has 0 aliphatic rings. The summed E-state index contributed by atoms with van der Waals surface area (Å²) >= 11 is 5.80. The highest BCUT2D eigenvalue weighted by Crippen LogP contribution is 2.11. The van der Waals surface area contributed by atoms with Crippen molar-refractivity contribution in [3.8, 4) is 0 Å². The van der Waals surface area contributed by atoms with E-state index in [0.717, 1.165) is 11.1 Å². The van der Waals surface area contributed by atoms with E-state index in [9.17, 15) is 8.42 Å². The Bertz CT molecular complexity index is 697. The first-order chi connectivity index (χ1) is 10.5. The highest BCUT2D eigenvalue weighted by molar-refractivity contribution is 7.89. The maximum absolute atomic E-state index is 12.0. The fourth-order valence-electron chi connectivity index (χ4n) is 1.82. The van der Waals surface area contributed by atoms with Gasteiger partial charge in [0, 0.05) is 11.6 Å². The zero-order valence-electron chi connectivity index (χ0n) is 12.3. The van der Waals surface area contributed by atoms with Crippen LogP contribution >= 0.6 is 11.6 Å². The van der Waals surface area contributed by atoms with Gasteiger partial charge >= 0.3 is 0 Å². The first kappa shape index (κ1) is 17.0. The molecule has 0 heterocycles. The highest BCUT2D eigenvalue weighted by atomic mass is 35.5. The molecule has 0 bridgehead atoms. The highest BCUT2D eigenvalue weighted by Gasteiger charge is 2.12. The molecular weight excluding hydrogens is 322 g/mol. The standard InChI is InChI=1S/C16H18ClNO3S/c1-13-2-8-16(9-3-13)22(19,20)18-10-11-21-12-14-4-6-15(17)7-5-14/h2-9,18H,10-12H2,1H3. The quantitative estimate of drug-likeness (QED) is 0.788. The molecule has 22 heavy (non-hydrogen) atoms. The van der Waals surface area contributed by atoms with E-state index < -0.39 is 10.0 Å². The molecule has 2 aromatic rings. The number of hydrogen-bond acceptors (Lipinski definition) is 3. The van der Waals surface area contributed by atoms with Crippen molar-refractivity contribution in [3.63, 3.8) is 0 Å². The minimum Gasteiger partial charge on any atom is -0.375 e. The lowest BCUT2D eigenvalue weighted by Crippen LogP contribution is -2.27. The van der Waals surface area contributed by atoms with Crippen LogP contribution in [0, 0.1) is 6.92 Å². The van der Waals surface area contributed by atoms with Gasteiger partial charge in [0.1, 0.15) is 0 Å². The molecule has 4 nitrogen and oxygen atoms in total. The Balaban J connectivity index is 1.76. The zero-order chi connectivity index (χ0) is 16.0. The fourth-order valence-corrected chi connectivity index (χ4v) is 2.96. The van der Waals surface area contributed by atoms with Crippen molar-refractivity contribution < 1.29 is 13.2 Å². The summed E-state index contributed by atoms with van der Waals surface area (Å²) < 4.78 is 32.0. The maximum Gasteiger partial charge on any atom is 0.240 e. The third-order valence-corrected chi connectivity index (χ3v) is 4.78. The van der Waals surface area contributed by atoms with Gasteiger partial charge in [0.25, 0.3) is 0 Å². The van der Waals surface area contributed by atoms with Gasteiger partial charge in [-0.1, -0.05) is 41.4 Å². The lowest BCUT2D eigenvalue weighted by Gasteiger charge is -2.08. The summed E-state index contributed by atoms with van der Waals surface area (Å²) in [5.74, 6) is 0. The van der Waals surface area contributed by atoms with Gasteiger partial charge in [0.15, 0.2) is 0 Å². The second-order valence-corrected chi connectivity index (χ2v) is 7.09. The van der Waals surface area contributed by atoms with Crippen molar-refractivity contribution >= 4 is 21.6 Å².